The second kappa shape index (κ2) is 18.4. The average Bonchev–Trinajstić information content (AvgIpc) is 2.91. The molecule has 0 amide bonds. The third kappa shape index (κ3) is 12.1. The number of unbranched alkanes of at least 4 members (excludes halogenated alkanes) is 3. The first kappa shape index (κ1) is 37.9. The summed E-state index contributed by atoms with van der Waals surface area (Å²) in [5.74, 6) is 0. The molecular weight excluding hydrogens is 541 g/mol. The molecule has 37 heavy (non-hydrogen) atoms. The van der Waals surface area contributed by atoms with Gasteiger partial charge in [-0.1, -0.05) is 81.6 Å². The summed E-state index contributed by atoms with van der Waals surface area (Å²) >= 11 is 0. The second-order valence-electron chi connectivity index (χ2n) is 11.8. The topological polar surface area (TPSA) is 36.9 Å². The van der Waals surface area contributed by atoms with E-state index in [1.807, 2.05) is 0 Å². The Kier molecular flexibility index (Phi) is 18.8. The van der Waals surface area contributed by atoms with Crippen molar-refractivity contribution in [1.82, 2.24) is 0 Å². The third-order valence-electron chi connectivity index (χ3n) is 9.46. The fourth-order valence-electron chi connectivity index (χ4n) is 5.81. The number of hydrogen-bond acceptors (Lipinski definition) is 4. The van der Waals surface area contributed by atoms with Crippen LogP contribution in [0.1, 0.15) is 94.9 Å². The predicted octanol–water partition coefficient (Wildman–Crippen LogP) is 10.8. The minimum atomic E-state index is -2.83. The quantitative estimate of drug-likeness (QED) is 0.0806. The second-order valence-corrected chi connectivity index (χ2v) is 33.9. The molecule has 0 aliphatic carbocycles. The molecule has 0 aliphatic rings. The molecule has 0 spiro atoms. The first-order chi connectivity index (χ1) is 17.4. The van der Waals surface area contributed by atoms with E-state index in [0.29, 0.717) is 0 Å². The van der Waals surface area contributed by atoms with Crippen LogP contribution in [0.3, 0.4) is 0 Å². The summed E-state index contributed by atoms with van der Waals surface area (Å²) in [6, 6.07) is 12.8. The lowest BCUT2D eigenvalue weighted by molar-refractivity contribution is 0.237. The summed E-state index contributed by atoms with van der Waals surface area (Å²) in [4.78, 5) is 0. The van der Waals surface area contributed by atoms with E-state index in [9.17, 15) is 0 Å². The molecule has 0 aromatic rings. The van der Waals surface area contributed by atoms with Gasteiger partial charge >= 0.3 is 8.80 Å². The highest BCUT2D eigenvalue weighted by Crippen LogP contribution is 2.39. The van der Waals surface area contributed by atoms with E-state index in [4.69, 9.17) is 16.8 Å². The predicted molar refractivity (Wildman–Crippen MR) is 178 cm³/mol. The largest absolute Gasteiger partial charge is 0.469 e. The lowest BCUT2D eigenvalue weighted by Gasteiger charge is -2.48. The highest BCUT2D eigenvalue weighted by molar-refractivity contribution is 6.92. The molecule has 0 N–H and O–H groups in total. The van der Waals surface area contributed by atoms with Crippen molar-refractivity contribution < 1.29 is 16.8 Å². The highest BCUT2D eigenvalue weighted by atomic mass is 28.5. The number of hydrogen-bond donors (Lipinski definition) is 0. The van der Waals surface area contributed by atoms with Crippen LogP contribution in [0.5, 0.6) is 0 Å². The van der Waals surface area contributed by atoms with Crippen molar-refractivity contribution in [2.75, 3.05) is 6.61 Å². The first-order valence-electron chi connectivity index (χ1n) is 16.2. The Morgan fingerprint density at radius 3 is 0.973 bits per heavy atom. The molecule has 0 atom stereocenters. The Morgan fingerprint density at radius 2 is 0.703 bits per heavy atom. The van der Waals surface area contributed by atoms with Gasteiger partial charge in [-0.05, 0) is 86.9 Å². The summed E-state index contributed by atoms with van der Waals surface area (Å²) in [6.07, 6.45) is 4.98. The maximum atomic E-state index is 7.58. The van der Waals surface area contributed by atoms with Crippen LogP contribution in [0.2, 0.25) is 79.6 Å². The molecule has 0 aromatic carbocycles. The van der Waals surface area contributed by atoms with E-state index in [-0.39, 0.29) is 0 Å². The Hall–Kier alpha value is 0.924. The molecular formula is C28H68O4Si5. The maximum Gasteiger partial charge on any atom is 0.469 e. The van der Waals surface area contributed by atoms with Crippen LogP contribution < -0.4 is 0 Å². The van der Waals surface area contributed by atoms with E-state index in [0.717, 1.165) is 67.0 Å². The molecule has 0 saturated heterocycles. The van der Waals surface area contributed by atoms with Crippen molar-refractivity contribution in [3.63, 3.8) is 0 Å². The fourth-order valence-corrected chi connectivity index (χ4v) is 29.0. The zero-order valence-corrected chi connectivity index (χ0v) is 32.4. The Labute approximate surface area is 239 Å². The monoisotopic (exact) mass is 608 g/mol. The summed E-state index contributed by atoms with van der Waals surface area (Å²) < 4.78 is 28.8. The van der Waals surface area contributed by atoms with Gasteiger partial charge in [0.05, 0.1) is 0 Å². The smallest absolute Gasteiger partial charge is 0.418 e. The van der Waals surface area contributed by atoms with Crippen molar-refractivity contribution in [2.45, 2.75) is 174 Å². The molecule has 0 unspecified atom stereocenters. The van der Waals surface area contributed by atoms with Crippen LogP contribution in [0.15, 0.2) is 0 Å². The zero-order valence-electron chi connectivity index (χ0n) is 27.4. The van der Waals surface area contributed by atoms with E-state index >= 15 is 0 Å². The van der Waals surface area contributed by atoms with Crippen LogP contribution in [0.4, 0.5) is 0 Å². The van der Waals surface area contributed by atoms with Gasteiger partial charge in [0.25, 0.3) is 0 Å². The Morgan fingerprint density at radius 1 is 0.405 bits per heavy atom. The van der Waals surface area contributed by atoms with E-state index in [1.54, 1.807) is 0 Å². The molecule has 0 heterocycles. The average molecular weight is 609 g/mol. The molecule has 0 aromatic heterocycles. The van der Waals surface area contributed by atoms with Crippen LogP contribution in [0.25, 0.3) is 0 Å². The first-order valence-corrected chi connectivity index (χ1v) is 28.8. The summed E-state index contributed by atoms with van der Waals surface area (Å²) in [5, 5.41) is 0. The van der Waals surface area contributed by atoms with Gasteiger partial charge in [0.2, 0.25) is 0 Å². The van der Waals surface area contributed by atoms with Gasteiger partial charge < -0.3 is 16.8 Å². The minimum Gasteiger partial charge on any atom is -0.418 e. The molecule has 0 radical (unpaired) electrons. The fraction of sp³-hybridized carbons (Fsp3) is 1.00. The van der Waals surface area contributed by atoms with Gasteiger partial charge in [-0.15, -0.1) is 0 Å². The van der Waals surface area contributed by atoms with E-state index in [1.165, 1.54) is 31.7 Å². The van der Waals surface area contributed by atoms with Gasteiger partial charge in [0.1, 0.15) is 0 Å². The molecule has 9 heteroatoms. The van der Waals surface area contributed by atoms with E-state index in [2.05, 4.69) is 82.3 Å². The molecule has 0 saturated carbocycles. The van der Waals surface area contributed by atoms with Crippen LogP contribution >= 0.6 is 0 Å². The third-order valence-corrected chi connectivity index (χ3v) is 33.6. The van der Waals surface area contributed by atoms with Crippen LogP contribution in [-0.2, 0) is 16.8 Å². The van der Waals surface area contributed by atoms with Gasteiger partial charge in [-0.25, -0.2) is 0 Å². The molecule has 0 aliphatic heterocycles. The lowest BCUT2D eigenvalue weighted by Crippen LogP contribution is -2.64. The van der Waals surface area contributed by atoms with Gasteiger partial charge in [0.15, 0.2) is 33.3 Å². The van der Waals surface area contributed by atoms with Crippen molar-refractivity contribution in [3.8, 4) is 0 Å². The Bertz CT molecular complexity index is 499. The lowest BCUT2D eigenvalue weighted by atomic mass is 10.2. The molecule has 224 valence electrons. The van der Waals surface area contributed by atoms with Gasteiger partial charge in [-0.2, -0.15) is 0 Å². The summed E-state index contributed by atoms with van der Waals surface area (Å²) in [7, 11) is -10.00. The van der Waals surface area contributed by atoms with Crippen molar-refractivity contribution >= 4 is 42.1 Å². The maximum absolute atomic E-state index is 7.58. The SMILES string of the molecule is CCO[Si](C)(C)CCCCCC[Si](O[Si](CC)(CC)CC)(O[Si](CC)(CC)CC)O[Si](CC)(CC)CC. The molecule has 0 rings (SSSR count). The summed E-state index contributed by atoms with van der Waals surface area (Å²) in [6.45, 7) is 28.9. The zero-order chi connectivity index (χ0) is 28.6. The van der Waals surface area contributed by atoms with Crippen LogP contribution in [0, 0.1) is 0 Å². The Balaban J connectivity index is 6.17. The van der Waals surface area contributed by atoms with E-state index < -0.39 is 42.1 Å². The number of rotatable bonds is 24. The van der Waals surface area contributed by atoms with Crippen molar-refractivity contribution in [2.24, 2.45) is 0 Å². The normalized spacial score (nSPS) is 13.9. The highest BCUT2D eigenvalue weighted by Gasteiger charge is 2.54. The summed E-state index contributed by atoms with van der Waals surface area (Å²) in [5.41, 5.74) is 0. The molecule has 0 fully saturated rings. The molecule has 4 nitrogen and oxygen atoms in total. The van der Waals surface area contributed by atoms with Gasteiger partial charge in [0, 0.05) is 12.7 Å². The van der Waals surface area contributed by atoms with Crippen molar-refractivity contribution in [1.29, 1.82) is 0 Å². The standard InChI is InChI=1S/C28H68O4Si5/c1-13-29-33(11,12)27-25-23-24-26-28-37(30-34(14-2,15-3)16-4,31-35(17-5,18-6)19-7)32-36(20-8,21-9)22-10/h13-28H2,1-12H3. The minimum absolute atomic E-state index is 0.854. The molecule has 0 bridgehead atoms. The van der Waals surface area contributed by atoms with Crippen molar-refractivity contribution in [3.05, 3.63) is 0 Å². The van der Waals surface area contributed by atoms with Crippen LogP contribution in [-0.4, -0.2) is 48.7 Å². The van der Waals surface area contributed by atoms with Gasteiger partial charge in [-0.3, -0.25) is 0 Å².